The van der Waals surface area contributed by atoms with Crippen molar-refractivity contribution in [3.8, 4) is 0 Å². The molecule has 0 aliphatic carbocycles. The van der Waals surface area contributed by atoms with Crippen molar-refractivity contribution in [1.82, 2.24) is 4.90 Å². The third-order valence-electron chi connectivity index (χ3n) is 5.50. The second-order valence-corrected chi connectivity index (χ2v) is 7.18. The Labute approximate surface area is 162 Å². The second kappa shape index (κ2) is 8.00. The van der Waals surface area contributed by atoms with Crippen LogP contribution in [0.4, 0.5) is 4.39 Å². The highest BCUT2D eigenvalue weighted by Gasteiger charge is 2.37. The lowest BCUT2D eigenvalue weighted by Crippen LogP contribution is -2.48. The molecule has 1 unspecified atom stereocenters. The highest BCUT2D eigenvalue weighted by molar-refractivity contribution is 5.82. The number of carbonyl (C=O) groups excluding carboxylic acids is 1. The van der Waals surface area contributed by atoms with Crippen molar-refractivity contribution < 1.29 is 13.9 Å². The third kappa shape index (κ3) is 3.59. The van der Waals surface area contributed by atoms with Crippen molar-refractivity contribution >= 4 is 5.91 Å². The fourth-order valence-corrected chi connectivity index (χ4v) is 4.12. The topological polar surface area (TPSA) is 78.3 Å². The normalized spacial score (nSPS) is 24.2. The SMILES string of the molecule is [N-]=[N+]=NC1CCO[C@@H](C(=O)N2CCc3ccccc3[C@@H]2c2ccc(F)cc2)C1. The summed E-state index contributed by atoms with van der Waals surface area (Å²) < 4.78 is 19.2. The maximum Gasteiger partial charge on any atom is 0.252 e. The maximum atomic E-state index is 13.5. The van der Waals surface area contributed by atoms with Gasteiger partial charge in [-0.05, 0) is 53.6 Å². The molecular formula is C21H21FN4O2. The van der Waals surface area contributed by atoms with E-state index in [-0.39, 0.29) is 23.8 Å². The summed E-state index contributed by atoms with van der Waals surface area (Å²) in [5, 5.41) is 3.77. The van der Waals surface area contributed by atoms with Crippen molar-refractivity contribution in [2.24, 2.45) is 5.11 Å². The first-order valence-corrected chi connectivity index (χ1v) is 9.47. The van der Waals surface area contributed by atoms with E-state index in [1.165, 1.54) is 17.7 Å². The Morgan fingerprint density at radius 2 is 2.00 bits per heavy atom. The number of rotatable bonds is 3. The highest BCUT2D eigenvalue weighted by Crippen LogP contribution is 2.36. The van der Waals surface area contributed by atoms with Crippen LogP contribution in [-0.2, 0) is 16.0 Å². The Balaban J connectivity index is 1.67. The lowest BCUT2D eigenvalue weighted by atomic mass is 9.87. The van der Waals surface area contributed by atoms with E-state index in [2.05, 4.69) is 16.1 Å². The molecule has 2 heterocycles. The lowest BCUT2D eigenvalue weighted by Gasteiger charge is -2.40. The van der Waals surface area contributed by atoms with Crippen molar-refractivity contribution in [3.05, 3.63) is 81.5 Å². The molecule has 1 amide bonds. The predicted molar refractivity (Wildman–Crippen MR) is 102 cm³/mol. The van der Waals surface area contributed by atoms with Crippen LogP contribution in [0.15, 0.2) is 53.6 Å². The van der Waals surface area contributed by atoms with E-state index in [1.807, 2.05) is 23.1 Å². The molecule has 2 aromatic carbocycles. The molecular weight excluding hydrogens is 359 g/mol. The molecule has 0 saturated carbocycles. The van der Waals surface area contributed by atoms with Gasteiger partial charge in [0, 0.05) is 24.1 Å². The zero-order valence-corrected chi connectivity index (χ0v) is 15.4. The molecule has 2 aliphatic heterocycles. The molecule has 1 saturated heterocycles. The van der Waals surface area contributed by atoms with E-state index in [9.17, 15) is 9.18 Å². The minimum absolute atomic E-state index is 0.110. The van der Waals surface area contributed by atoms with Gasteiger partial charge in [0.2, 0.25) is 0 Å². The minimum Gasteiger partial charge on any atom is -0.368 e. The standard InChI is InChI=1S/C21H21FN4O2/c22-16-7-5-15(6-8-16)20-18-4-2-1-3-14(18)9-11-26(20)21(27)19-13-17(24-25-23)10-12-28-19/h1-8,17,19-20H,9-13H2/t17?,19-,20+/m1/s1. The van der Waals surface area contributed by atoms with Gasteiger partial charge in [-0.3, -0.25) is 4.79 Å². The van der Waals surface area contributed by atoms with Gasteiger partial charge in [0.25, 0.3) is 5.91 Å². The van der Waals surface area contributed by atoms with Gasteiger partial charge in [-0.15, -0.1) is 0 Å². The van der Waals surface area contributed by atoms with Gasteiger partial charge in [-0.25, -0.2) is 4.39 Å². The van der Waals surface area contributed by atoms with Crippen molar-refractivity contribution in [3.63, 3.8) is 0 Å². The Kier molecular flexibility index (Phi) is 5.28. The summed E-state index contributed by atoms with van der Waals surface area (Å²) in [6.07, 6.45) is 1.14. The smallest absolute Gasteiger partial charge is 0.252 e. The number of hydrogen-bond acceptors (Lipinski definition) is 3. The Bertz CT molecular complexity index is 911. The molecule has 1 fully saturated rings. The third-order valence-corrected chi connectivity index (χ3v) is 5.50. The van der Waals surface area contributed by atoms with E-state index in [1.54, 1.807) is 12.1 Å². The summed E-state index contributed by atoms with van der Waals surface area (Å²) in [6, 6.07) is 13.8. The van der Waals surface area contributed by atoms with Crippen LogP contribution in [0.5, 0.6) is 0 Å². The molecule has 0 aromatic heterocycles. The molecule has 144 valence electrons. The van der Waals surface area contributed by atoms with Crippen LogP contribution >= 0.6 is 0 Å². The van der Waals surface area contributed by atoms with Gasteiger partial charge in [-0.2, -0.15) is 0 Å². The average Bonchev–Trinajstić information content (AvgIpc) is 2.73. The number of carbonyl (C=O) groups is 1. The Morgan fingerprint density at radius 3 is 2.79 bits per heavy atom. The number of halogens is 1. The minimum atomic E-state index is -0.627. The summed E-state index contributed by atoms with van der Waals surface area (Å²) >= 11 is 0. The summed E-state index contributed by atoms with van der Waals surface area (Å²) in [6.45, 7) is 0.954. The molecule has 28 heavy (non-hydrogen) atoms. The molecule has 0 radical (unpaired) electrons. The number of fused-ring (bicyclic) bond motifs is 1. The highest BCUT2D eigenvalue weighted by atomic mass is 19.1. The second-order valence-electron chi connectivity index (χ2n) is 7.18. The Hall–Kier alpha value is -2.89. The molecule has 0 spiro atoms. The van der Waals surface area contributed by atoms with E-state index in [4.69, 9.17) is 10.3 Å². The van der Waals surface area contributed by atoms with Crippen LogP contribution in [0.1, 0.15) is 35.6 Å². The summed E-state index contributed by atoms with van der Waals surface area (Å²) in [4.78, 5) is 18.0. The molecule has 0 bridgehead atoms. The zero-order chi connectivity index (χ0) is 19.5. The molecule has 3 atom stereocenters. The number of nitrogens with zero attached hydrogens (tertiary/aromatic N) is 4. The van der Waals surface area contributed by atoms with Crippen LogP contribution in [0.25, 0.3) is 10.4 Å². The molecule has 4 rings (SSSR count). The first kappa shape index (κ1) is 18.5. The van der Waals surface area contributed by atoms with Crippen LogP contribution in [0.2, 0.25) is 0 Å². The molecule has 6 nitrogen and oxygen atoms in total. The van der Waals surface area contributed by atoms with Crippen LogP contribution in [-0.4, -0.2) is 36.1 Å². The first-order chi connectivity index (χ1) is 13.7. The molecule has 2 aliphatic rings. The molecule has 7 heteroatoms. The number of amides is 1. The Morgan fingerprint density at radius 1 is 1.21 bits per heavy atom. The van der Waals surface area contributed by atoms with Gasteiger partial charge < -0.3 is 9.64 Å². The first-order valence-electron chi connectivity index (χ1n) is 9.47. The van der Waals surface area contributed by atoms with Gasteiger partial charge in [-0.1, -0.05) is 41.5 Å². The number of benzene rings is 2. The van der Waals surface area contributed by atoms with Crippen molar-refractivity contribution in [2.75, 3.05) is 13.2 Å². The van der Waals surface area contributed by atoms with Gasteiger partial charge >= 0.3 is 0 Å². The van der Waals surface area contributed by atoms with Gasteiger partial charge in [0.05, 0.1) is 6.04 Å². The monoisotopic (exact) mass is 380 g/mol. The maximum absolute atomic E-state index is 13.5. The van der Waals surface area contributed by atoms with Gasteiger partial charge in [0.1, 0.15) is 11.9 Å². The van der Waals surface area contributed by atoms with E-state index in [0.29, 0.717) is 26.0 Å². The zero-order valence-electron chi connectivity index (χ0n) is 15.4. The number of azide groups is 1. The lowest BCUT2D eigenvalue weighted by molar-refractivity contribution is -0.149. The summed E-state index contributed by atoms with van der Waals surface area (Å²) in [7, 11) is 0. The summed E-state index contributed by atoms with van der Waals surface area (Å²) in [5.41, 5.74) is 11.8. The summed E-state index contributed by atoms with van der Waals surface area (Å²) in [5.74, 6) is -0.416. The van der Waals surface area contributed by atoms with Gasteiger partial charge in [0.15, 0.2) is 0 Å². The van der Waals surface area contributed by atoms with Crippen LogP contribution in [0.3, 0.4) is 0 Å². The number of ether oxygens (including phenoxy) is 1. The van der Waals surface area contributed by atoms with Crippen molar-refractivity contribution in [1.29, 1.82) is 0 Å². The number of hydrogen-bond donors (Lipinski definition) is 0. The quantitative estimate of drug-likeness (QED) is 0.455. The average molecular weight is 380 g/mol. The van der Waals surface area contributed by atoms with Crippen LogP contribution < -0.4 is 0 Å². The van der Waals surface area contributed by atoms with Crippen molar-refractivity contribution in [2.45, 2.75) is 37.5 Å². The largest absolute Gasteiger partial charge is 0.368 e. The van der Waals surface area contributed by atoms with Crippen LogP contribution in [0, 0.1) is 5.82 Å². The fourth-order valence-electron chi connectivity index (χ4n) is 4.12. The molecule has 2 aromatic rings. The van der Waals surface area contributed by atoms with E-state index < -0.39 is 6.10 Å². The fraction of sp³-hybridized carbons (Fsp3) is 0.381. The predicted octanol–water partition coefficient (Wildman–Crippen LogP) is 4.16. The molecule has 0 N–H and O–H groups in total. The van der Waals surface area contributed by atoms with E-state index in [0.717, 1.165) is 17.5 Å². The van der Waals surface area contributed by atoms with E-state index >= 15 is 0 Å².